The minimum atomic E-state index is -0.473. The molecular formula is C32H33N9O. The molecule has 0 spiro atoms. The van der Waals surface area contributed by atoms with Crippen molar-refractivity contribution in [2.75, 3.05) is 18.8 Å². The van der Waals surface area contributed by atoms with Crippen LogP contribution in [0.15, 0.2) is 92.1 Å². The summed E-state index contributed by atoms with van der Waals surface area (Å²) in [7, 11) is 0. The van der Waals surface area contributed by atoms with Crippen molar-refractivity contribution in [2.24, 2.45) is 0 Å². The smallest absolute Gasteiger partial charge is 0.167 e. The standard InChI is InChI=1S/C32H33N9O/c1-3-20(2)39-17-13-26(28(42)19-39)36-25-10-7-21-18-22(8-9-23(21)25)41-31(24-6-4-14-34-30(24)33)37-27-11-12-29(38-32(27)41)40-16-5-15-35-40/h3-6,8-9,11-12,14-16,18,25-26,28,36,42H,1-2,7,10,13,17,19H2,(H2,33,34). The third kappa shape index (κ3) is 4.54. The number of rotatable bonds is 7. The van der Waals surface area contributed by atoms with Crippen LogP contribution in [0.3, 0.4) is 0 Å². The summed E-state index contributed by atoms with van der Waals surface area (Å²) in [5, 5.41) is 19.0. The second-order valence-corrected chi connectivity index (χ2v) is 10.9. The number of piperidine rings is 1. The van der Waals surface area contributed by atoms with Crippen LogP contribution < -0.4 is 11.1 Å². The van der Waals surface area contributed by atoms with Crippen LogP contribution in [0.4, 0.5) is 5.82 Å². The number of imidazole rings is 1. The maximum absolute atomic E-state index is 10.9. The van der Waals surface area contributed by atoms with Crippen molar-refractivity contribution in [3.63, 3.8) is 0 Å². The van der Waals surface area contributed by atoms with Crippen LogP contribution in [-0.4, -0.2) is 64.5 Å². The van der Waals surface area contributed by atoms with E-state index in [4.69, 9.17) is 15.7 Å². The summed E-state index contributed by atoms with van der Waals surface area (Å²) >= 11 is 0. The molecule has 1 aliphatic heterocycles. The minimum Gasteiger partial charge on any atom is -0.390 e. The molecule has 1 aliphatic carbocycles. The molecule has 3 atom stereocenters. The Kier molecular flexibility index (Phi) is 6.56. The molecule has 1 aromatic carbocycles. The highest BCUT2D eigenvalue weighted by Gasteiger charge is 2.32. The molecule has 0 saturated carbocycles. The number of nitrogen functional groups attached to an aromatic ring is 1. The van der Waals surface area contributed by atoms with Crippen LogP contribution in [0.25, 0.3) is 34.1 Å². The molecule has 1 saturated heterocycles. The van der Waals surface area contributed by atoms with Crippen molar-refractivity contribution in [1.29, 1.82) is 0 Å². The monoisotopic (exact) mass is 559 g/mol. The summed E-state index contributed by atoms with van der Waals surface area (Å²) in [5.41, 5.74) is 12.9. The average Bonchev–Trinajstić information content (AvgIpc) is 3.76. The molecular weight excluding hydrogens is 526 g/mol. The third-order valence-corrected chi connectivity index (χ3v) is 8.41. The van der Waals surface area contributed by atoms with E-state index in [0.29, 0.717) is 29.7 Å². The fourth-order valence-electron chi connectivity index (χ4n) is 6.20. The Morgan fingerprint density at radius 1 is 1.10 bits per heavy atom. The molecule has 212 valence electrons. The molecule has 2 aliphatic rings. The fraction of sp³-hybridized carbons (Fsp3) is 0.250. The molecule has 4 N–H and O–H groups in total. The van der Waals surface area contributed by atoms with E-state index in [1.165, 1.54) is 11.1 Å². The van der Waals surface area contributed by atoms with Gasteiger partial charge in [-0.1, -0.05) is 19.2 Å². The van der Waals surface area contributed by atoms with E-state index in [2.05, 4.69) is 56.2 Å². The third-order valence-electron chi connectivity index (χ3n) is 8.41. The first-order chi connectivity index (χ1) is 20.5. The zero-order valence-corrected chi connectivity index (χ0v) is 23.3. The SMILES string of the molecule is C=CC(=C)N1CCC(NC2CCc3cc(-n4c(-c5cccnc5N)nc5ccc(-n6cccn6)nc54)ccc32)C(O)C1. The number of hydrogen-bond acceptors (Lipinski definition) is 8. The van der Waals surface area contributed by atoms with Gasteiger partial charge in [0.2, 0.25) is 0 Å². The molecule has 0 radical (unpaired) electrons. The van der Waals surface area contributed by atoms with E-state index in [1.54, 1.807) is 23.2 Å². The molecule has 10 nitrogen and oxygen atoms in total. The Morgan fingerprint density at radius 2 is 2.00 bits per heavy atom. The number of β-amino-alcohol motifs (C(OH)–C–C–N with tert-alkyl or cyclic N) is 1. The Hall–Kier alpha value is -4.80. The van der Waals surface area contributed by atoms with Crippen molar-refractivity contribution in [1.82, 2.24) is 39.5 Å². The van der Waals surface area contributed by atoms with Gasteiger partial charge >= 0.3 is 0 Å². The van der Waals surface area contributed by atoms with E-state index in [0.717, 1.165) is 48.3 Å². The van der Waals surface area contributed by atoms with Gasteiger partial charge in [-0.2, -0.15) is 5.10 Å². The summed E-state index contributed by atoms with van der Waals surface area (Å²) in [4.78, 5) is 16.3. The molecule has 0 amide bonds. The number of pyridine rings is 2. The number of hydrogen-bond donors (Lipinski definition) is 3. The maximum atomic E-state index is 10.9. The van der Waals surface area contributed by atoms with Gasteiger partial charge < -0.3 is 21.1 Å². The van der Waals surface area contributed by atoms with Gasteiger partial charge in [-0.3, -0.25) is 4.57 Å². The number of aromatic nitrogens is 6. The van der Waals surface area contributed by atoms with Gasteiger partial charge in [0.25, 0.3) is 0 Å². The van der Waals surface area contributed by atoms with Gasteiger partial charge in [0, 0.05) is 55.1 Å². The summed E-state index contributed by atoms with van der Waals surface area (Å²) < 4.78 is 3.79. The molecule has 0 bridgehead atoms. The number of fused-ring (bicyclic) bond motifs is 2. The van der Waals surface area contributed by atoms with Gasteiger partial charge in [0.15, 0.2) is 17.3 Å². The Balaban J connectivity index is 1.24. The van der Waals surface area contributed by atoms with E-state index >= 15 is 0 Å². The predicted octanol–water partition coefficient (Wildman–Crippen LogP) is 3.96. The highest BCUT2D eigenvalue weighted by Crippen LogP contribution is 2.36. The molecule has 42 heavy (non-hydrogen) atoms. The largest absolute Gasteiger partial charge is 0.390 e. The summed E-state index contributed by atoms with van der Waals surface area (Å²) in [6, 6.07) is 16.3. The summed E-state index contributed by atoms with van der Waals surface area (Å²) in [6.07, 6.45) is 9.31. The molecule has 3 unspecified atom stereocenters. The first-order valence-corrected chi connectivity index (χ1v) is 14.2. The number of nitrogens with two attached hydrogens (primary N) is 1. The highest BCUT2D eigenvalue weighted by atomic mass is 16.3. The molecule has 7 rings (SSSR count). The van der Waals surface area contributed by atoms with Crippen molar-refractivity contribution in [3.8, 4) is 22.9 Å². The number of aliphatic hydroxyl groups is 1. The summed E-state index contributed by atoms with van der Waals surface area (Å²) in [6.45, 7) is 9.25. The van der Waals surface area contributed by atoms with Crippen molar-refractivity contribution < 1.29 is 5.11 Å². The van der Waals surface area contributed by atoms with Crippen LogP contribution in [0.5, 0.6) is 0 Å². The van der Waals surface area contributed by atoms with Crippen LogP contribution in [0, 0.1) is 0 Å². The first-order valence-electron chi connectivity index (χ1n) is 14.2. The van der Waals surface area contributed by atoms with E-state index in [-0.39, 0.29) is 12.1 Å². The lowest BCUT2D eigenvalue weighted by atomic mass is 9.98. The number of nitrogens with zero attached hydrogens (tertiary/aromatic N) is 7. The second-order valence-electron chi connectivity index (χ2n) is 10.9. The number of benzene rings is 1. The zero-order chi connectivity index (χ0) is 28.8. The van der Waals surface area contributed by atoms with Crippen LogP contribution in [-0.2, 0) is 6.42 Å². The number of allylic oxidation sites excluding steroid dienone is 1. The molecule has 1 fully saturated rings. The van der Waals surface area contributed by atoms with E-state index < -0.39 is 6.10 Å². The first kappa shape index (κ1) is 26.1. The lowest BCUT2D eigenvalue weighted by molar-refractivity contribution is 0.0518. The van der Waals surface area contributed by atoms with Crippen molar-refractivity contribution in [3.05, 3.63) is 103 Å². The van der Waals surface area contributed by atoms with Crippen molar-refractivity contribution in [2.45, 2.75) is 37.5 Å². The fourth-order valence-corrected chi connectivity index (χ4v) is 6.20. The minimum absolute atomic E-state index is 0.0251. The molecule has 10 heteroatoms. The van der Waals surface area contributed by atoms with Crippen molar-refractivity contribution >= 4 is 17.0 Å². The van der Waals surface area contributed by atoms with Gasteiger partial charge in [-0.05, 0) is 78.9 Å². The van der Waals surface area contributed by atoms with Crippen LogP contribution in [0.1, 0.15) is 30.0 Å². The quantitative estimate of drug-likeness (QED) is 0.256. The van der Waals surface area contributed by atoms with Gasteiger partial charge in [-0.25, -0.2) is 19.6 Å². The Morgan fingerprint density at radius 3 is 2.79 bits per heavy atom. The number of anilines is 1. The molecule has 4 aromatic heterocycles. The normalized spacial score (nSPS) is 20.1. The number of likely N-dealkylation sites (tertiary alicyclic amines) is 1. The van der Waals surface area contributed by atoms with Crippen LogP contribution >= 0.6 is 0 Å². The maximum Gasteiger partial charge on any atom is 0.167 e. The topological polar surface area (TPSA) is 123 Å². The van der Waals surface area contributed by atoms with E-state index in [9.17, 15) is 5.11 Å². The lowest BCUT2D eigenvalue weighted by Gasteiger charge is -2.39. The highest BCUT2D eigenvalue weighted by molar-refractivity contribution is 5.83. The number of aryl methyl sites for hydroxylation is 1. The Bertz CT molecular complexity index is 1790. The number of aliphatic hydroxyl groups excluding tert-OH is 1. The lowest BCUT2D eigenvalue weighted by Crippen LogP contribution is -2.52. The average molecular weight is 560 g/mol. The van der Waals surface area contributed by atoms with Gasteiger partial charge in [0.1, 0.15) is 11.3 Å². The zero-order valence-electron chi connectivity index (χ0n) is 23.3. The number of nitrogens with one attached hydrogen (secondary N) is 1. The van der Waals surface area contributed by atoms with Gasteiger partial charge in [0.05, 0.1) is 11.7 Å². The predicted molar refractivity (Wildman–Crippen MR) is 163 cm³/mol. The molecule has 5 heterocycles. The Labute approximate surface area is 243 Å². The second kappa shape index (κ2) is 10.6. The van der Waals surface area contributed by atoms with E-state index in [1.807, 2.05) is 36.5 Å². The summed E-state index contributed by atoms with van der Waals surface area (Å²) in [5.74, 6) is 1.79. The van der Waals surface area contributed by atoms with Crippen LogP contribution in [0.2, 0.25) is 0 Å². The van der Waals surface area contributed by atoms with Gasteiger partial charge in [-0.15, -0.1) is 0 Å². The molecule has 5 aromatic rings.